The zero-order valence-corrected chi connectivity index (χ0v) is 16.5. The van der Waals surface area contributed by atoms with E-state index in [0.29, 0.717) is 24.0 Å². The molecule has 24 heavy (non-hydrogen) atoms. The Morgan fingerprint density at radius 1 is 1.08 bits per heavy atom. The molecule has 0 saturated carbocycles. The van der Waals surface area contributed by atoms with Gasteiger partial charge in [0.2, 0.25) is 0 Å². The molecule has 0 bridgehead atoms. The van der Waals surface area contributed by atoms with Gasteiger partial charge in [0, 0.05) is 18.3 Å². The molecule has 0 aliphatic rings. The summed E-state index contributed by atoms with van der Waals surface area (Å²) in [5, 5.41) is 3.06. The number of benzene rings is 2. The number of rotatable bonds is 6. The van der Waals surface area contributed by atoms with Gasteiger partial charge in [-0.15, -0.1) is 24.0 Å². The minimum absolute atomic E-state index is 0. The van der Waals surface area contributed by atoms with Crippen molar-refractivity contribution in [2.24, 2.45) is 10.7 Å². The second-order valence-electron chi connectivity index (χ2n) is 5.20. The number of anilines is 1. The predicted molar refractivity (Wildman–Crippen MR) is 110 cm³/mol. The Labute approximate surface area is 160 Å². The highest BCUT2D eigenvalue weighted by molar-refractivity contribution is 14.0. The number of halogens is 1. The van der Waals surface area contributed by atoms with Crippen molar-refractivity contribution in [1.29, 1.82) is 0 Å². The number of nitrogens with one attached hydrogen (secondary N) is 1. The normalized spacial score (nSPS) is 10.7. The SMILES string of the molecule is COc1ccc(NC(N)=NCCc2cccc(C)c2)cc1OC.I. The molecule has 2 aromatic rings. The van der Waals surface area contributed by atoms with Crippen molar-refractivity contribution in [3.05, 3.63) is 53.6 Å². The predicted octanol–water partition coefficient (Wildman–Crippen LogP) is 3.60. The van der Waals surface area contributed by atoms with Crippen LogP contribution in [-0.2, 0) is 6.42 Å². The fourth-order valence-electron chi connectivity index (χ4n) is 2.27. The lowest BCUT2D eigenvalue weighted by molar-refractivity contribution is 0.355. The summed E-state index contributed by atoms with van der Waals surface area (Å²) in [4.78, 5) is 4.35. The lowest BCUT2D eigenvalue weighted by Crippen LogP contribution is -2.23. The van der Waals surface area contributed by atoms with E-state index in [1.165, 1.54) is 11.1 Å². The van der Waals surface area contributed by atoms with E-state index in [0.717, 1.165) is 12.1 Å². The molecule has 0 aliphatic heterocycles. The number of nitrogens with zero attached hydrogens (tertiary/aromatic N) is 1. The summed E-state index contributed by atoms with van der Waals surface area (Å²) < 4.78 is 10.5. The number of nitrogens with two attached hydrogens (primary N) is 1. The summed E-state index contributed by atoms with van der Waals surface area (Å²) in [5.74, 6) is 1.70. The Morgan fingerprint density at radius 2 is 1.83 bits per heavy atom. The number of aryl methyl sites for hydroxylation is 1. The molecular formula is C18H24IN3O2. The van der Waals surface area contributed by atoms with Crippen molar-refractivity contribution in [3.8, 4) is 11.5 Å². The molecule has 0 aliphatic carbocycles. The van der Waals surface area contributed by atoms with Crippen LogP contribution in [0.1, 0.15) is 11.1 Å². The molecule has 0 unspecified atom stereocenters. The molecule has 130 valence electrons. The maximum Gasteiger partial charge on any atom is 0.193 e. The Balaban J connectivity index is 0.00000288. The van der Waals surface area contributed by atoms with E-state index in [-0.39, 0.29) is 24.0 Å². The summed E-state index contributed by atoms with van der Waals surface area (Å²) >= 11 is 0. The van der Waals surface area contributed by atoms with Crippen LogP contribution in [0, 0.1) is 6.92 Å². The zero-order chi connectivity index (χ0) is 16.7. The average molecular weight is 441 g/mol. The number of ether oxygens (including phenoxy) is 2. The molecular weight excluding hydrogens is 417 g/mol. The Kier molecular flexibility index (Phi) is 8.39. The third kappa shape index (κ3) is 5.92. The Morgan fingerprint density at radius 3 is 2.50 bits per heavy atom. The summed E-state index contributed by atoms with van der Waals surface area (Å²) in [6.45, 7) is 2.72. The standard InChI is InChI=1S/C18H23N3O2.HI/c1-13-5-4-6-14(11-13)9-10-20-18(19)21-15-7-8-16(22-2)17(12-15)23-3;/h4-8,11-12H,9-10H2,1-3H3,(H3,19,20,21);1H. The van der Waals surface area contributed by atoms with Crippen molar-refractivity contribution in [2.45, 2.75) is 13.3 Å². The molecule has 0 aromatic heterocycles. The van der Waals surface area contributed by atoms with Crippen LogP contribution in [-0.4, -0.2) is 26.7 Å². The molecule has 0 amide bonds. The number of hydrogen-bond donors (Lipinski definition) is 2. The van der Waals surface area contributed by atoms with Crippen LogP contribution in [0.4, 0.5) is 5.69 Å². The third-order valence-electron chi connectivity index (χ3n) is 3.42. The minimum Gasteiger partial charge on any atom is -0.493 e. The van der Waals surface area contributed by atoms with Gasteiger partial charge in [-0.3, -0.25) is 4.99 Å². The second-order valence-corrected chi connectivity index (χ2v) is 5.20. The van der Waals surface area contributed by atoms with Crippen LogP contribution in [0.2, 0.25) is 0 Å². The topological polar surface area (TPSA) is 68.9 Å². The van der Waals surface area contributed by atoms with Crippen molar-refractivity contribution >= 4 is 35.6 Å². The molecule has 6 heteroatoms. The summed E-state index contributed by atoms with van der Waals surface area (Å²) in [5.41, 5.74) is 9.24. The number of aliphatic imine (C=N–C) groups is 1. The minimum atomic E-state index is 0. The first-order chi connectivity index (χ1) is 11.1. The monoisotopic (exact) mass is 441 g/mol. The smallest absolute Gasteiger partial charge is 0.193 e. The number of guanidine groups is 1. The average Bonchev–Trinajstić information content (AvgIpc) is 2.54. The third-order valence-corrected chi connectivity index (χ3v) is 3.42. The van der Waals surface area contributed by atoms with Gasteiger partial charge in [0.1, 0.15) is 0 Å². The van der Waals surface area contributed by atoms with E-state index < -0.39 is 0 Å². The van der Waals surface area contributed by atoms with E-state index in [2.05, 4.69) is 41.5 Å². The maximum absolute atomic E-state index is 5.93. The molecule has 0 fully saturated rings. The van der Waals surface area contributed by atoms with Gasteiger partial charge in [0.15, 0.2) is 17.5 Å². The van der Waals surface area contributed by atoms with Gasteiger partial charge in [0.25, 0.3) is 0 Å². The largest absolute Gasteiger partial charge is 0.493 e. The molecule has 3 N–H and O–H groups in total. The van der Waals surface area contributed by atoms with Gasteiger partial charge >= 0.3 is 0 Å². The van der Waals surface area contributed by atoms with Gasteiger partial charge in [-0.05, 0) is 31.0 Å². The molecule has 0 saturated heterocycles. The highest BCUT2D eigenvalue weighted by atomic mass is 127. The Hall–Kier alpha value is -1.96. The van der Waals surface area contributed by atoms with Crippen molar-refractivity contribution in [3.63, 3.8) is 0 Å². The molecule has 0 heterocycles. The molecule has 0 spiro atoms. The quantitative estimate of drug-likeness (QED) is 0.409. The highest BCUT2D eigenvalue weighted by Crippen LogP contribution is 2.29. The van der Waals surface area contributed by atoms with Gasteiger partial charge < -0.3 is 20.5 Å². The molecule has 2 rings (SSSR count). The fourth-order valence-corrected chi connectivity index (χ4v) is 2.27. The van der Waals surface area contributed by atoms with Crippen LogP contribution in [0.5, 0.6) is 11.5 Å². The number of hydrogen-bond acceptors (Lipinski definition) is 3. The van der Waals surface area contributed by atoms with Crippen LogP contribution in [0.15, 0.2) is 47.5 Å². The van der Waals surface area contributed by atoms with Crippen molar-refractivity contribution < 1.29 is 9.47 Å². The lowest BCUT2D eigenvalue weighted by atomic mass is 10.1. The zero-order valence-electron chi connectivity index (χ0n) is 14.2. The van der Waals surface area contributed by atoms with E-state index in [1.807, 2.05) is 18.2 Å². The summed E-state index contributed by atoms with van der Waals surface area (Å²) in [6.07, 6.45) is 0.857. The second kappa shape index (κ2) is 10.0. The molecule has 0 atom stereocenters. The van der Waals surface area contributed by atoms with Crippen LogP contribution in [0.3, 0.4) is 0 Å². The van der Waals surface area contributed by atoms with Gasteiger partial charge in [-0.1, -0.05) is 29.8 Å². The van der Waals surface area contributed by atoms with E-state index >= 15 is 0 Å². The van der Waals surface area contributed by atoms with Crippen molar-refractivity contribution in [1.82, 2.24) is 0 Å². The molecule has 2 aromatic carbocycles. The van der Waals surface area contributed by atoms with Crippen LogP contribution in [0.25, 0.3) is 0 Å². The number of methoxy groups -OCH3 is 2. The van der Waals surface area contributed by atoms with Gasteiger partial charge in [-0.25, -0.2) is 0 Å². The fraction of sp³-hybridized carbons (Fsp3) is 0.278. The summed E-state index contributed by atoms with van der Waals surface area (Å²) in [6, 6.07) is 13.9. The first-order valence-electron chi connectivity index (χ1n) is 7.47. The maximum atomic E-state index is 5.93. The lowest BCUT2D eigenvalue weighted by Gasteiger charge is -2.11. The van der Waals surface area contributed by atoms with Crippen molar-refractivity contribution in [2.75, 3.05) is 26.1 Å². The van der Waals surface area contributed by atoms with Gasteiger partial charge in [-0.2, -0.15) is 0 Å². The highest BCUT2D eigenvalue weighted by Gasteiger charge is 2.05. The van der Waals surface area contributed by atoms with Crippen LogP contribution < -0.4 is 20.5 Å². The van der Waals surface area contributed by atoms with E-state index in [1.54, 1.807) is 14.2 Å². The van der Waals surface area contributed by atoms with E-state index in [4.69, 9.17) is 15.2 Å². The van der Waals surface area contributed by atoms with Crippen LogP contribution >= 0.6 is 24.0 Å². The summed E-state index contributed by atoms with van der Waals surface area (Å²) in [7, 11) is 3.20. The van der Waals surface area contributed by atoms with E-state index in [9.17, 15) is 0 Å². The first kappa shape index (κ1) is 20.1. The molecule has 5 nitrogen and oxygen atoms in total. The van der Waals surface area contributed by atoms with Gasteiger partial charge in [0.05, 0.1) is 14.2 Å². The molecule has 0 radical (unpaired) electrons. The Bertz CT molecular complexity index is 690. The first-order valence-corrected chi connectivity index (χ1v) is 7.47.